The quantitative estimate of drug-likeness (QED) is 0.928. The monoisotopic (exact) mass is 340 g/mol. The van der Waals surface area contributed by atoms with Crippen molar-refractivity contribution in [3.63, 3.8) is 0 Å². The Balaban J connectivity index is 1.36. The van der Waals surface area contributed by atoms with Gasteiger partial charge in [0, 0.05) is 38.0 Å². The average molecular weight is 340 g/mol. The second-order valence-corrected chi connectivity index (χ2v) is 7.31. The molecule has 6 nitrogen and oxygen atoms in total. The summed E-state index contributed by atoms with van der Waals surface area (Å²) in [5.41, 5.74) is 1.34. The van der Waals surface area contributed by atoms with Crippen molar-refractivity contribution in [2.24, 2.45) is 11.8 Å². The van der Waals surface area contributed by atoms with E-state index in [1.165, 1.54) is 12.8 Å². The van der Waals surface area contributed by atoms with Gasteiger partial charge in [0.05, 0.1) is 5.52 Å². The summed E-state index contributed by atoms with van der Waals surface area (Å²) in [4.78, 5) is 28.9. The van der Waals surface area contributed by atoms with Crippen LogP contribution in [0.5, 0.6) is 0 Å². The third-order valence-corrected chi connectivity index (χ3v) is 5.52. The molecule has 1 saturated carbocycles. The minimum atomic E-state index is -0.0594. The normalized spacial score (nSPS) is 19.2. The molecular formula is C19H24N4O2. The standard InChI is InChI=1S/C19H24N4O2/c1-13(14-6-7-14)12-17(24)22-8-10-23(11-9-22)19(25)18-15-4-2-3-5-16(15)20-21-18/h2-5,13-14H,6-12H2,1H3,(H,20,21)/t13-/m0/s1. The van der Waals surface area contributed by atoms with E-state index < -0.39 is 0 Å². The van der Waals surface area contributed by atoms with Gasteiger partial charge in [0.15, 0.2) is 5.69 Å². The number of carbonyl (C=O) groups excluding carboxylic acids is 2. The molecule has 1 N–H and O–H groups in total. The zero-order valence-corrected chi connectivity index (χ0v) is 14.6. The number of nitrogens with one attached hydrogen (secondary N) is 1. The van der Waals surface area contributed by atoms with E-state index in [2.05, 4.69) is 17.1 Å². The first kappa shape index (κ1) is 16.1. The van der Waals surface area contributed by atoms with Crippen LogP contribution in [0.3, 0.4) is 0 Å². The van der Waals surface area contributed by atoms with Gasteiger partial charge in [-0.25, -0.2) is 0 Å². The van der Waals surface area contributed by atoms with Crippen molar-refractivity contribution < 1.29 is 9.59 Å². The predicted octanol–water partition coefficient (Wildman–Crippen LogP) is 2.28. The maximum absolute atomic E-state index is 12.8. The second-order valence-electron chi connectivity index (χ2n) is 7.31. The van der Waals surface area contributed by atoms with Crippen molar-refractivity contribution in [2.75, 3.05) is 26.2 Å². The summed E-state index contributed by atoms with van der Waals surface area (Å²) in [7, 11) is 0. The summed E-state index contributed by atoms with van der Waals surface area (Å²) in [6, 6.07) is 7.65. The first-order chi connectivity index (χ1) is 12.1. The van der Waals surface area contributed by atoms with Gasteiger partial charge in [0.25, 0.3) is 5.91 Å². The van der Waals surface area contributed by atoms with Crippen molar-refractivity contribution in [1.29, 1.82) is 0 Å². The Hall–Kier alpha value is -2.37. The summed E-state index contributed by atoms with van der Waals surface area (Å²) >= 11 is 0. The highest BCUT2D eigenvalue weighted by atomic mass is 16.2. The number of rotatable bonds is 4. The number of hydrogen-bond donors (Lipinski definition) is 1. The molecule has 2 amide bonds. The zero-order chi connectivity index (χ0) is 17.4. The van der Waals surface area contributed by atoms with Gasteiger partial charge in [-0.1, -0.05) is 25.1 Å². The van der Waals surface area contributed by atoms with Crippen LogP contribution < -0.4 is 0 Å². The van der Waals surface area contributed by atoms with E-state index in [0.29, 0.717) is 44.2 Å². The van der Waals surface area contributed by atoms with Crippen LogP contribution in [0.4, 0.5) is 0 Å². The number of aromatic amines is 1. The lowest BCUT2D eigenvalue weighted by Crippen LogP contribution is -2.51. The number of fused-ring (bicyclic) bond motifs is 1. The van der Waals surface area contributed by atoms with Gasteiger partial charge >= 0.3 is 0 Å². The fraction of sp³-hybridized carbons (Fsp3) is 0.526. The Kier molecular flexibility index (Phi) is 4.19. The van der Waals surface area contributed by atoms with E-state index in [-0.39, 0.29) is 11.8 Å². The summed E-state index contributed by atoms with van der Waals surface area (Å²) in [5.74, 6) is 1.41. The van der Waals surface area contributed by atoms with Crippen LogP contribution >= 0.6 is 0 Å². The second kappa shape index (κ2) is 6.50. The highest BCUT2D eigenvalue weighted by Gasteiger charge is 2.32. The van der Waals surface area contributed by atoms with Gasteiger partial charge in [-0.05, 0) is 30.7 Å². The summed E-state index contributed by atoms with van der Waals surface area (Å²) < 4.78 is 0. The van der Waals surface area contributed by atoms with Gasteiger partial charge in [0.2, 0.25) is 5.91 Å². The Labute approximate surface area is 147 Å². The predicted molar refractivity (Wildman–Crippen MR) is 95.1 cm³/mol. The Morgan fingerprint density at radius 3 is 2.56 bits per heavy atom. The van der Waals surface area contributed by atoms with Crippen LogP contribution in [-0.2, 0) is 4.79 Å². The number of piperazine rings is 1. The number of hydrogen-bond acceptors (Lipinski definition) is 3. The number of carbonyl (C=O) groups is 2. The Bertz CT molecular complexity index is 788. The van der Waals surface area contributed by atoms with Gasteiger partial charge in [-0.2, -0.15) is 5.10 Å². The van der Waals surface area contributed by atoms with Crippen molar-refractivity contribution in [2.45, 2.75) is 26.2 Å². The van der Waals surface area contributed by atoms with Crippen molar-refractivity contribution in [3.8, 4) is 0 Å². The van der Waals surface area contributed by atoms with Crippen LogP contribution in [0.25, 0.3) is 10.9 Å². The molecule has 1 aliphatic carbocycles. The molecule has 25 heavy (non-hydrogen) atoms. The molecule has 1 saturated heterocycles. The maximum atomic E-state index is 12.8. The van der Waals surface area contributed by atoms with Gasteiger partial charge in [-0.15, -0.1) is 0 Å². The van der Waals surface area contributed by atoms with Crippen LogP contribution in [0.1, 0.15) is 36.7 Å². The van der Waals surface area contributed by atoms with E-state index in [4.69, 9.17) is 0 Å². The molecule has 0 bridgehead atoms. The number of nitrogens with zero attached hydrogens (tertiary/aromatic N) is 3. The lowest BCUT2D eigenvalue weighted by molar-refractivity contribution is -0.133. The highest BCUT2D eigenvalue weighted by molar-refractivity contribution is 6.04. The summed E-state index contributed by atoms with van der Waals surface area (Å²) in [6.07, 6.45) is 3.19. The molecule has 6 heteroatoms. The van der Waals surface area contributed by atoms with Crippen molar-refractivity contribution in [3.05, 3.63) is 30.0 Å². The Morgan fingerprint density at radius 2 is 1.84 bits per heavy atom. The zero-order valence-electron chi connectivity index (χ0n) is 14.6. The number of amides is 2. The SMILES string of the molecule is C[C@@H](CC(=O)N1CCN(C(=O)c2n[nH]c3ccccc23)CC1)C1CC1. The molecule has 2 aromatic rings. The van der Waals surface area contributed by atoms with E-state index in [1.54, 1.807) is 4.90 Å². The Morgan fingerprint density at radius 1 is 1.16 bits per heavy atom. The molecule has 4 rings (SSSR count). The first-order valence-electron chi connectivity index (χ1n) is 9.13. The van der Waals surface area contributed by atoms with Crippen molar-refractivity contribution in [1.82, 2.24) is 20.0 Å². The first-order valence-corrected chi connectivity index (χ1v) is 9.13. The number of H-pyrrole nitrogens is 1. The largest absolute Gasteiger partial charge is 0.339 e. The molecule has 0 unspecified atom stereocenters. The maximum Gasteiger partial charge on any atom is 0.275 e. The highest BCUT2D eigenvalue weighted by Crippen LogP contribution is 2.38. The molecule has 2 fully saturated rings. The third-order valence-electron chi connectivity index (χ3n) is 5.52. The molecule has 1 atom stereocenters. The van der Waals surface area contributed by atoms with E-state index in [9.17, 15) is 9.59 Å². The molecule has 1 aromatic carbocycles. The molecule has 1 aromatic heterocycles. The molecule has 0 radical (unpaired) electrons. The smallest absolute Gasteiger partial charge is 0.275 e. The number of para-hydroxylation sites is 1. The van der Waals surface area contributed by atoms with Gasteiger partial charge in [0.1, 0.15) is 0 Å². The minimum Gasteiger partial charge on any atom is -0.339 e. The molecule has 2 aliphatic rings. The van der Waals surface area contributed by atoms with Crippen molar-refractivity contribution >= 4 is 22.7 Å². The fourth-order valence-corrected chi connectivity index (χ4v) is 3.67. The molecule has 132 valence electrons. The van der Waals surface area contributed by atoms with E-state index in [0.717, 1.165) is 16.8 Å². The molecule has 0 spiro atoms. The average Bonchev–Trinajstić information content (AvgIpc) is 3.41. The van der Waals surface area contributed by atoms with E-state index in [1.807, 2.05) is 29.2 Å². The van der Waals surface area contributed by atoms with Crippen LogP contribution in [0.2, 0.25) is 0 Å². The summed E-state index contributed by atoms with van der Waals surface area (Å²) in [5, 5.41) is 7.96. The fourth-order valence-electron chi connectivity index (χ4n) is 3.67. The van der Waals surface area contributed by atoms with Crippen LogP contribution in [-0.4, -0.2) is 58.0 Å². The third kappa shape index (κ3) is 3.25. The van der Waals surface area contributed by atoms with Gasteiger partial charge < -0.3 is 9.80 Å². The lowest BCUT2D eigenvalue weighted by atomic mass is 10.0. The van der Waals surface area contributed by atoms with Gasteiger partial charge in [-0.3, -0.25) is 14.7 Å². The summed E-state index contributed by atoms with van der Waals surface area (Å²) in [6.45, 7) is 4.56. The number of benzene rings is 1. The lowest BCUT2D eigenvalue weighted by Gasteiger charge is -2.35. The van der Waals surface area contributed by atoms with Crippen LogP contribution in [0.15, 0.2) is 24.3 Å². The van der Waals surface area contributed by atoms with Crippen LogP contribution in [0, 0.1) is 11.8 Å². The molecular weight excluding hydrogens is 316 g/mol. The minimum absolute atomic E-state index is 0.0594. The van der Waals surface area contributed by atoms with E-state index >= 15 is 0 Å². The topological polar surface area (TPSA) is 69.3 Å². The number of aromatic nitrogens is 2. The molecule has 2 heterocycles. The molecule has 1 aliphatic heterocycles.